The van der Waals surface area contributed by atoms with Crippen molar-refractivity contribution >= 4 is 53.4 Å². The van der Waals surface area contributed by atoms with Gasteiger partial charge >= 0.3 is 0 Å². The highest BCUT2D eigenvalue weighted by Crippen LogP contribution is 2.32. The molecular weight excluding hydrogens is 526 g/mol. The maximum absolute atomic E-state index is 13.2. The van der Waals surface area contributed by atoms with Crippen molar-refractivity contribution in [1.82, 2.24) is 14.5 Å². The van der Waals surface area contributed by atoms with Crippen LogP contribution in [0.3, 0.4) is 0 Å². The SMILES string of the molecule is O=c1c2c3c(sc2ncn1Cc1ccc(Br)cc1)CN(Cc1ccc(Br)cc1)CC3. The average Bonchev–Trinajstić information content (AvgIpc) is 3.12. The van der Waals surface area contributed by atoms with Gasteiger partial charge in [0.2, 0.25) is 0 Å². The minimum absolute atomic E-state index is 0.0711. The molecule has 0 saturated carbocycles. The molecule has 0 bridgehead atoms. The summed E-state index contributed by atoms with van der Waals surface area (Å²) < 4.78 is 3.86. The Kier molecular flexibility index (Phi) is 5.62. The van der Waals surface area contributed by atoms with Gasteiger partial charge in [0.05, 0.1) is 18.3 Å². The van der Waals surface area contributed by atoms with E-state index in [0.717, 1.165) is 50.8 Å². The first kappa shape index (κ1) is 20.1. The number of aromatic nitrogens is 2. The molecule has 30 heavy (non-hydrogen) atoms. The van der Waals surface area contributed by atoms with E-state index in [1.54, 1.807) is 22.2 Å². The quantitative estimate of drug-likeness (QED) is 0.336. The summed E-state index contributed by atoms with van der Waals surface area (Å²) in [4.78, 5) is 22.5. The maximum atomic E-state index is 13.2. The number of fused-ring (bicyclic) bond motifs is 3. The van der Waals surface area contributed by atoms with Crippen molar-refractivity contribution in [2.45, 2.75) is 26.1 Å². The summed E-state index contributed by atoms with van der Waals surface area (Å²) >= 11 is 8.62. The highest BCUT2D eigenvalue weighted by atomic mass is 79.9. The van der Waals surface area contributed by atoms with E-state index in [1.165, 1.54) is 16.0 Å². The van der Waals surface area contributed by atoms with Crippen molar-refractivity contribution in [2.24, 2.45) is 0 Å². The van der Waals surface area contributed by atoms with Gasteiger partial charge < -0.3 is 0 Å². The van der Waals surface area contributed by atoms with Crippen molar-refractivity contribution in [3.8, 4) is 0 Å². The molecule has 0 amide bonds. The summed E-state index contributed by atoms with van der Waals surface area (Å²) in [6, 6.07) is 16.6. The predicted molar refractivity (Wildman–Crippen MR) is 129 cm³/mol. The van der Waals surface area contributed by atoms with Crippen LogP contribution in [0.25, 0.3) is 10.2 Å². The Hall–Kier alpha value is -1.80. The van der Waals surface area contributed by atoms with Crippen molar-refractivity contribution in [3.63, 3.8) is 0 Å². The minimum atomic E-state index is 0.0711. The Morgan fingerprint density at radius 1 is 0.933 bits per heavy atom. The zero-order valence-electron chi connectivity index (χ0n) is 16.1. The molecule has 2 aromatic heterocycles. The number of hydrogen-bond acceptors (Lipinski definition) is 4. The van der Waals surface area contributed by atoms with E-state index in [2.05, 4.69) is 66.0 Å². The molecule has 0 unspecified atom stereocenters. The third-order valence-corrected chi connectivity index (χ3v) is 7.67. The van der Waals surface area contributed by atoms with Crippen molar-refractivity contribution in [3.05, 3.63) is 95.7 Å². The molecule has 1 aliphatic heterocycles. The molecule has 0 saturated heterocycles. The number of halogens is 2. The molecular formula is C23H19Br2N3OS. The number of thiophene rings is 1. The molecule has 2 aromatic carbocycles. The third kappa shape index (κ3) is 4.04. The fourth-order valence-corrected chi connectivity index (χ4v) is 5.70. The first-order valence-corrected chi connectivity index (χ1v) is 12.2. The van der Waals surface area contributed by atoms with E-state index < -0.39 is 0 Å². The smallest absolute Gasteiger partial charge is 0.262 e. The Morgan fingerprint density at radius 3 is 2.23 bits per heavy atom. The van der Waals surface area contributed by atoms with Gasteiger partial charge in [-0.2, -0.15) is 0 Å². The maximum Gasteiger partial charge on any atom is 0.262 e. The summed E-state index contributed by atoms with van der Waals surface area (Å²) in [5, 5.41) is 0.818. The highest BCUT2D eigenvalue weighted by Gasteiger charge is 2.24. The first-order chi connectivity index (χ1) is 14.6. The topological polar surface area (TPSA) is 38.1 Å². The standard InChI is InChI=1S/C23H19Br2N3OS/c24-17-5-1-15(2-6-17)11-27-10-9-19-20(13-27)30-22-21(19)23(29)28(14-26-22)12-16-3-7-18(25)8-4-16/h1-8,14H,9-13H2. The molecule has 5 rings (SSSR count). The van der Waals surface area contributed by atoms with Gasteiger partial charge in [0.15, 0.2) is 0 Å². The van der Waals surface area contributed by atoms with E-state index >= 15 is 0 Å². The number of rotatable bonds is 4. The van der Waals surface area contributed by atoms with Crippen LogP contribution in [0.2, 0.25) is 0 Å². The lowest BCUT2D eigenvalue weighted by Crippen LogP contribution is -2.30. The Morgan fingerprint density at radius 2 is 1.57 bits per heavy atom. The van der Waals surface area contributed by atoms with Crippen LogP contribution in [0.15, 0.2) is 68.6 Å². The zero-order valence-corrected chi connectivity index (χ0v) is 20.1. The molecule has 0 atom stereocenters. The van der Waals surface area contributed by atoms with Crippen LogP contribution in [-0.2, 0) is 26.1 Å². The van der Waals surface area contributed by atoms with Crippen molar-refractivity contribution in [1.29, 1.82) is 0 Å². The first-order valence-electron chi connectivity index (χ1n) is 9.78. The van der Waals surface area contributed by atoms with Gasteiger partial charge in [0.25, 0.3) is 5.56 Å². The molecule has 4 nitrogen and oxygen atoms in total. The van der Waals surface area contributed by atoms with Crippen molar-refractivity contribution in [2.75, 3.05) is 6.54 Å². The molecule has 1 aliphatic rings. The minimum Gasteiger partial charge on any atom is -0.294 e. The molecule has 0 radical (unpaired) electrons. The van der Waals surface area contributed by atoms with Crippen LogP contribution in [0.1, 0.15) is 21.6 Å². The van der Waals surface area contributed by atoms with Crippen LogP contribution in [0, 0.1) is 0 Å². The summed E-state index contributed by atoms with van der Waals surface area (Å²) in [7, 11) is 0. The molecule has 4 aromatic rings. The predicted octanol–water partition coefficient (Wildman–Crippen LogP) is 5.59. The molecule has 0 N–H and O–H groups in total. The summed E-state index contributed by atoms with van der Waals surface area (Å²) in [5.74, 6) is 0. The molecule has 0 spiro atoms. The number of hydrogen-bond donors (Lipinski definition) is 0. The normalized spacial score (nSPS) is 14.2. The molecule has 3 heterocycles. The van der Waals surface area contributed by atoms with Gasteiger partial charge in [0.1, 0.15) is 4.83 Å². The van der Waals surface area contributed by atoms with Crippen LogP contribution in [0.5, 0.6) is 0 Å². The van der Waals surface area contributed by atoms with Crippen LogP contribution < -0.4 is 5.56 Å². The molecule has 152 valence electrons. The fraction of sp³-hybridized carbons (Fsp3) is 0.217. The summed E-state index contributed by atoms with van der Waals surface area (Å²) in [6.07, 6.45) is 2.58. The Bertz CT molecular complexity index is 1260. The van der Waals surface area contributed by atoms with E-state index in [-0.39, 0.29) is 5.56 Å². The van der Waals surface area contributed by atoms with Gasteiger partial charge in [-0.1, -0.05) is 56.1 Å². The highest BCUT2D eigenvalue weighted by molar-refractivity contribution is 9.10. The van der Waals surface area contributed by atoms with Gasteiger partial charge in [-0.3, -0.25) is 14.3 Å². The van der Waals surface area contributed by atoms with Gasteiger partial charge in [-0.05, 0) is 47.4 Å². The van der Waals surface area contributed by atoms with E-state index in [9.17, 15) is 4.79 Å². The monoisotopic (exact) mass is 543 g/mol. The van der Waals surface area contributed by atoms with Crippen LogP contribution >= 0.6 is 43.2 Å². The van der Waals surface area contributed by atoms with E-state index in [0.29, 0.717) is 6.54 Å². The summed E-state index contributed by atoms with van der Waals surface area (Å²) in [5.41, 5.74) is 3.66. The lowest BCUT2D eigenvalue weighted by molar-refractivity contribution is 0.249. The lowest BCUT2D eigenvalue weighted by Gasteiger charge is -2.26. The summed E-state index contributed by atoms with van der Waals surface area (Å²) in [6.45, 7) is 3.28. The number of nitrogens with zero attached hydrogens (tertiary/aromatic N) is 3. The second-order valence-electron chi connectivity index (χ2n) is 7.58. The third-order valence-electron chi connectivity index (χ3n) is 5.49. The van der Waals surface area contributed by atoms with Crippen LogP contribution in [-0.4, -0.2) is 21.0 Å². The van der Waals surface area contributed by atoms with E-state index in [1.807, 2.05) is 24.3 Å². The van der Waals surface area contributed by atoms with E-state index in [4.69, 9.17) is 0 Å². The molecule has 7 heteroatoms. The Balaban J connectivity index is 1.41. The molecule has 0 aliphatic carbocycles. The Labute approximate surface area is 195 Å². The second kappa shape index (κ2) is 8.38. The fourth-order valence-electron chi connectivity index (χ4n) is 3.95. The van der Waals surface area contributed by atoms with Gasteiger partial charge in [-0.15, -0.1) is 11.3 Å². The number of benzene rings is 2. The van der Waals surface area contributed by atoms with Crippen LogP contribution in [0.4, 0.5) is 0 Å². The molecule has 0 fully saturated rings. The van der Waals surface area contributed by atoms with Crippen molar-refractivity contribution < 1.29 is 0 Å². The lowest BCUT2D eigenvalue weighted by atomic mass is 10.0. The average molecular weight is 545 g/mol. The zero-order chi connectivity index (χ0) is 20.7. The largest absolute Gasteiger partial charge is 0.294 e. The van der Waals surface area contributed by atoms with Gasteiger partial charge in [0, 0.05) is 33.5 Å². The van der Waals surface area contributed by atoms with Gasteiger partial charge in [-0.25, -0.2) is 4.98 Å². The second-order valence-corrected chi connectivity index (χ2v) is 10.5.